The predicted molar refractivity (Wildman–Crippen MR) is 231 cm³/mol. The molecule has 2 amide bonds. The summed E-state index contributed by atoms with van der Waals surface area (Å²) in [4.78, 5) is 49.8. The molecule has 3 aromatic carbocycles. The Hall–Kier alpha value is -5.90. The fraction of sp³-hybridized carbons (Fsp3) is 0.348. The van der Waals surface area contributed by atoms with Gasteiger partial charge in [0.15, 0.2) is 11.9 Å². The smallest absolute Gasteiger partial charge is 0.329 e. The molecule has 0 saturated heterocycles. The molecule has 0 spiro atoms. The van der Waals surface area contributed by atoms with E-state index in [1.54, 1.807) is 36.5 Å². The second-order valence-corrected chi connectivity index (χ2v) is 16.1. The summed E-state index contributed by atoms with van der Waals surface area (Å²) < 4.78 is 5.90. The van der Waals surface area contributed by atoms with Crippen molar-refractivity contribution < 1.29 is 29.3 Å². The molecule has 2 unspecified atom stereocenters. The summed E-state index contributed by atoms with van der Waals surface area (Å²) in [5.74, 6) is -1.57. The molecular weight excluding hydrogens is 751 g/mol. The minimum atomic E-state index is -1.75. The van der Waals surface area contributed by atoms with Crippen molar-refractivity contribution >= 4 is 47.2 Å². The lowest BCUT2D eigenvalue weighted by atomic mass is 9.95. The van der Waals surface area contributed by atoms with E-state index in [2.05, 4.69) is 34.3 Å². The maximum atomic E-state index is 13.8. The van der Waals surface area contributed by atoms with Gasteiger partial charge < -0.3 is 25.6 Å². The fourth-order valence-corrected chi connectivity index (χ4v) is 6.92. The summed E-state index contributed by atoms with van der Waals surface area (Å²) in [5.41, 5.74) is 3.55. The minimum Gasteiger partial charge on any atom is -0.494 e. The molecule has 0 bridgehead atoms. The van der Waals surface area contributed by atoms with E-state index in [1.165, 1.54) is 61.3 Å². The van der Waals surface area contributed by atoms with Gasteiger partial charge in [-0.15, -0.1) is 11.3 Å². The molecule has 0 fully saturated rings. The third-order valence-corrected chi connectivity index (χ3v) is 11.0. The number of nitrogens with one attached hydrogen (secondary N) is 2. The Morgan fingerprint density at radius 3 is 2.16 bits per heavy atom. The molecule has 1 aromatic heterocycles. The third-order valence-electron chi connectivity index (χ3n) is 9.46. The lowest BCUT2D eigenvalue weighted by molar-refractivity contribution is -0.145. The van der Waals surface area contributed by atoms with Crippen LogP contribution in [0, 0.1) is 11.3 Å². The quantitative estimate of drug-likeness (QED) is 0.0418. The van der Waals surface area contributed by atoms with Crippen LogP contribution in [0.4, 0.5) is 0 Å². The summed E-state index contributed by atoms with van der Waals surface area (Å²) in [6, 6.07) is 23.3. The molecule has 4 rings (SSSR count). The Labute approximate surface area is 345 Å². The van der Waals surface area contributed by atoms with Gasteiger partial charge in [0, 0.05) is 23.1 Å². The Balaban J connectivity index is 1.50. The minimum absolute atomic E-state index is 0.000227. The number of carboxylic acids is 1. The van der Waals surface area contributed by atoms with Gasteiger partial charge in [0.25, 0.3) is 5.91 Å². The molecule has 12 heteroatoms. The molecular formula is C46H53N5O6S. The van der Waals surface area contributed by atoms with Gasteiger partial charge in [0.2, 0.25) is 5.91 Å². The first kappa shape index (κ1) is 44.8. The highest BCUT2D eigenvalue weighted by Gasteiger charge is 2.33. The first-order chi connectivity index (χ1) is 27.7. The van der Waals surface area contributed by atoms with Crippen LogP contribution in [-0.4, -0.2) is 59.2 Å². The third kappa shape index (κ3) is 13.1. The Morgan fingerprint density at radius 1 is 0.914 bits per heavy atom. The van der Waals surface area contributed by atoms with Gasteiger partial charge in [-0.05, 0) is 84.1 Å². The summed E-state index contributed by atoms with van der Waals surface area (Å²) in [6.45, 7) is 14.7. The Kier molecular flexibility index (Phi) is 16.7. The first-order valence-corrected chi connectivity index (χ1v) is 20.2. The summed E-state index contributed by atoms with van der Waals surface area (Å²) in [5, 5.41) is 35.4. The van der Waals surface area contributed by atoms with Crippen LogP contribution < -0.4 is 15.4 Å². The van der Waals surface area contributed by atoms with E-state index in [9.17, 15) is 24.6 Å². The number of aliphatic hydroxyl groups is 1. The van der Waals surface area contributed by atoms with Gasteiger partial charge in [-0.3, -0.25) is 9.59 Å². The molecule has 58 heavy (non-hydrogen) atoms. The normalized spacial score (nSPS) is 13.5. The van der Waals surface area contributed by atoms with Crippen molar-refractivity contribution in [3.8, 4) is 11.8 Å². The number of amides is 2. The first-order valence-electron chi connectivity index (χ1n) is 19.4. The maximum Gasteiger partial charge on any atom is 0.329 e. The number of unbranched alkanes of at least 4 members (excludes halogenated alkanes) is 4. The van der Waals surface area contributed by atoms with Crippen molar-refractivity contribution in [3.63, 3.8) is 0 Å². The molecule has 304 valence electrons. The van der Waals surface area contributed by atoms with Crippen LogP contribution in [0.15, 0.2) is 101 Å². The van der Waals surface area contributed by atoms with Crippen molar-refractivity contribution in [2.45, 2.75) is 96.7 Å². The number of benzene rings is 3. The van der Waals surface area contributed by atoms with Crippen LogP contribution in [0.3, 0.4) is 0 Å². The van der Waals surface area contributed by atoms with E-state index in [4.69, 9.17) is 10.00 Å². The van der Waals surface area contributed by atoms with Crippen LogP contribution in [0.5, 0.6) is 5.75 Å². The average molecular weight is 804 g/mol. The van der Waals surface area contributed by atoms with E-state index in [1.807, 2.05) is 64.1 Å². The van der Waals surface area contributed by atoms with Crippen molar-refractivity contribution in [2.24, 2.45) is 9.98 Å². The van der Waals surface area contributed by atoms with Gasteiger partial charge in [-0.2, -0.15) is 5.26 Å². The molecule has 0 aliphatic rings. The van der Waals surface area contributed by atoms with E-state index in [0.29, 0.717) is 34.0 Å². The summed E-state index contributed by atoms with van der Waals surface area (Å²) >= 11 is 1.31. The SMILES string of the molecule is C=NC(=N/C=C(\C)c1ccc(OCCCCCCC)cc1)c1ccc(C[C@H](NC(=O)c2ccc(C(C)(C)C)s2)C(=O)NC(C(=O)O)C(O)c2ccc(C#N)cc2)cc1. The van der Waals surface area contributed by atoms with Crippen molar-refractivity contribution in [1.29, 1.82) is 5.26 Å². The summed E-state index contributed by atoms with van der Waals surface area (Å²) in [6.07, 6.45) is 5.99. The second-order valence-electron chi connectivity index (χ2n) is 15.1. The fourth-order valence-electron chi connectivity index (χ4n) is 5.95. The summed E-state index contributed by atoms with van der Waals surface area (Å²) in [7, 11) is 0. The molecule has 11 nitrogen and oxygen atoms in total. The molecule has 4 N–H and O–H groups in total. The molecule has 0 aliphatic carbocycles. The number of aliphatic carboxylic acids is 1. The zero-order valence-corrected chi connectivity index (χ0v) is 34.6. The number of aliphatic hydroxyl groups excluding tert-OH is 1. The zero-order valence-electron chi connectivity index (χ0n) is 33.8. The van der Waals surface area contributed by atoms with E-state index < -0.39 is 36.0 Å². The number of carbonyl (C=O) groups excluding carboxylic acids is 2. The van der Waals surface area contributed by atoms with Crippen molar-refractivity contribution in [3.05, 3.63) is 129 Å². The standard InChI is InChI=1S/C46H53N5O6S/c1-7-8-9-10-11-26-57-36-22-20-33(21-23-36)30(2)29-49-42(48-6)35-18-12-31(13-19-35)27-37(50-44(54)38-24-25-39(58-38)46(3,4)5)43(53)51-40(45(55)56)41(52)34-16-14-32(28-47)15-17-34/h12-25,29,37,40-41,52H,6-11,26-27H2,1-5H3,(H,50,54)(H,51,53)(H,55,56)/b30-29+,49-42?/t37-,40?,41?/m0/s1. The van der Waals surface area contributed by atoms with Gasteiger partial charge in [0.05, 0.1) is 23.1 Å². The highest BCUT2D eigenvalue weighted by Crippen LogP contribution is 2.29. The number of nitrogens with zero attached hydrogens (tertiary/aromatic N) is 3. The number of rotatable bonds is 19. The number of nitriles is 1. The number of hydrogen-bond donors (Lipinski definition) is 4. The molecule has 0 saturated carbocycles. The molecule has 1 heterocycles. The number of allylic oxidation sites excluding steroid dienone is 1. The largest absolute Gasteiger partial charge is 0.494 e. The van der Waals surface area contributed by atoms with Gasteiger partial charge in [0.1, 0.15) is 17.9 Å². The molecule has 4 aromatic rings. The average Bonchev–Trinajstić information content (AvgIpc) is 3.73. The van der Waals surface area contributed by atoms with E-state index in [-0.39, 0.29) is 17.4 Å². The van der Waals surface area contributed by atoms with E-state index >= 15 is 0 Å². The maximum absolute atomic E-state index is 13.8. The Bertz CT molecular complexity index is 2110. The van der Waals surface area contributed by atoms with Gasteiger partial charge in [-0.25, -0.2) is 14.8 Å². The Morgan fingerprint density at radius 2 is 1.57 bits per heavy atom. The number of amidine groups is 1. The highest BCUT2D eigenvalue weighted by atomic mass is 32.1. The molecule has 0 radical (unpaired) electrons. The van der Waals surface area contributed by atoms with Crippen LogP contribution in [0.2, 0.25) is 0 Å². The van der Waals surface area contributed by atoms with Crippen molar-refractivity contribution in [1.82, 2.24) is 10.6 Å². The lowest BCUT2D eigenvalue weighted by Crippen LogP contribution is -2.54. The number of carbonyl (C=O) groups is 3. The van der Waals surface area contributed by atoms with Crippen LogP contribution in [0.25, 0.3) is 5.57 Å². The van der Waals surface area contributed by atoms with Gasteiger partial charge >= 0.3 is 5.97 Å². The van der Waals surface area contributed by atoms with Gasteiger partial charge in [-0.1, -0.05) is 102 Å². The monoisotopic (exact) mass is 803 g/mol. The van der Waals surface area contributed by atoms with Crippen molar-refractivity contribution in [2.75, 3.05) is 6.61 Å². The predicted octanol–water partition coefficient (Wildman–Crippen LogP) is 8.42. The molecule has 3 atom stereocenters. The van der Waals surface area contributed by atoms with E-state index in [0.717, 1.165) is 28.2 Å². The van der Waals surface area contributed by atoms with Crippen LogP contribution >= 0.6 is 11.3 Å². The van der Waals surface area contributed by atoms with Crippen LogP contribution in [-0.2, 0) is 21.4 Å². The zero-order chi connectivity index (χ0) is 42.2. The number of aliphatic imine (C=N–C) groups is 2. The molecule has 0 aliphatic heterocycles. The topological polar surface area (TPSA) is 173 Å². The lowest BCUT2D eigenvalue weighted by Gasteiger charge is -2.24. The second kappa shape index (κ2) is 21.6. The number of carboxylic acid groups (broad SMARTS) is 1. The number of hydrogen-bond acceptors (Lipinski definition) is 8. The number of ether oxygens (including phenoxy) is 1. The highest BCUT2D eigenvalue weighted by molar-refractivity contribution is 7.14. The number of thiophene rings is 1. The van der Waals surface area contributed by atoms with Crippen LogP contribution in [0.1, 0.15) is 115 Å².